The lowest BCUT2D eigenvalue weighted by molar-refractivity contribution is 0.465. The van der Waals surface area contributed by atoms with Crippen molar-refractivity contribution < 1.29 is 10.2 Å². The molecular weight excluding hydrogens is 376 g/mol. The van der Waals surface area contributed by atoms with Gasteiger partial charge in [-0.15, -0.1) is 0 Å². The average Bonchev–Trinajstić information content (AvgIpc) is 3.44. The van der Waals surface area contributed by atoms with Crippen molar-refractivity contribution >= 4 is 11.1 Å². The second kappa shape index (κ2) is 8.29. The average molecular weight is 400 g/mol. The summed E-state index contributed by atoms with van der Waals surface area (Å²) in [7, 11) is 0. The van der Waals surface area contributed by atoms with E-state index in [9.17, 15) is 10.2 Å². The van der Waals surface area contributed by atoms with Crippen LogP contribution in [0.1, 0.15) is 36.1 Å². The van der Waals surface area contributed by atoms with Crippen LogP contribution in [0.25, 0.3) is 11.1 Å². The number of hydrogen-bond acceptors (Lipinski definition) is 4. The first-order chi connectivity index (χ1) is 14.5. The molecule has 2 heterocycles. The largest absolute Gasteiger partial charge is 0.508 e. The smallest absolute Gasteiger partial charge is 0.121 e. The quantitative estimate of drug-likeness (QED) is 0.466. The molecule has 0 saturated heterocycles. The van der Waals surface area contributed by atoms with Crippen LogP contribution in [0.15, 0.2) is 73.8 Å². The van der Waals surface area contributed by atoms with Gasteiger partial charge in [0.1, 0.15) is 11.5 Å². The predicted molar refractivity (Wildman–Crippen MR) is 117 cm³/mol. The summed E-state index contributed by atoms with van der Waals surface area (Å²) in [6.07, 6.45) is 10.6. The molecule has 30 heavy (non-hydrogen) atoms. The monoisotopic (exact) mass is 400 g/mol. The third kappa shape index (κ3) is 4.12. The van der Waals surface area contributed by atoms with E-state index in [0.29, 0.717) is 13.1 Å². The van der Waals surface area contributed by atoms with Gasteiger partial charge in [0.15, 0.2) is 0 Å². The molecule has 6 heteroatoms. The number of phenols is 2. The Morgan fingerprint density at radius 3 is 1.50 bits per heavy atom. The SMILES string of the molecule is CC(=C(C)c1ccc(Cn2ccnc2)c(O)c1)c1ccc(Cn2ccnc2)c(O)c1. The van der Waals surface area contributed by atoms with E-state index in [1.165, 1.54) is 0 Å². The van der Waals surface area contributed by atoms with Crippen LogP contribution in [0.2, 0.25) is 0 Å². The number of hydrogen-bond donors (Lipinski definition) is 2. The van der Waals surface area contributed by atoms with Gasteiger partial charge < -0.3 is 19.3 Å². The summed E-state index contributed by atoms with van der Waals surface area (Å²) in [4.78, 5) is 8.07. The maximum Gasteiger partial charge on any atom is 0.121 e. The molecule has 2 aromatic carbocycles. The van der Waals surface area contributed by atoms with Crippen LogP contribution in [-0.2, 0) is 13.1 Å². The van der Waals surface area contributed by atoms with Crippen LogP contribution in [-0.4, -0.2) is 29.3 Å². The second-order valence-electron chi connectivity index (χ2n) is 7.41. The fourth-order valence-electron chi connectivity index (χ4n) is 3.45. The first-order valence-corrected chi connectivity index (χ1v) is 9.75. The van der Waals surface area contributed by atoms with Crippen LogP contribution < -0.4 is 0 Å². The van der Waals surface area contributed by atoms with E-state index in [1.807, 2.05) is 59.6 Å². The molecule has 0 fully saturated rings. The van der Waals surface area contributed by atoms with Crippen LogP contribution in [0.4, 0.5) is 0 Å². The summed E-state index contributed by atoms with van der Waals surface area (Å²) in [5, 5.41) is 21.0. The molecule has 0 aliphatic carbocycles. The Morgan fingerprint density at radius 2 is 1.17 bits per heavy atom. The molecule has 0 spiro atoms. The summed E-state index contributed by atoms with van der Waals surface area (Å²) < 4.78 is 3.83. The molecule has 0 atom stereocenters. The van der Waals surface area contributed by atoms with E-state index in [1.54, 1.807) is 37.2 Å². The van der Waals surface area contributed by atoms with Gasteiger partial charge in [-0.25, -0.2) is 9.97 Å². The molecule has 0 radical (unpaired) electrons. The summed E-state index contributed by atoms with van der Waals surface area (Å²) in [6, 6.07) is 11.5. The number of benzene rings is 2. The minimum atomic E-state index is 0.256. The van der Waals surface area contributed by atoms with Gasteiger partial charge in [0.25, 0.3) is 0 Å². The van der Waals surface area contributed by atoms with Gasteiger partial charge in [0, 0.05) is 35.9 Å². The fourth-order valence-corrected chi connectivity index (χ4v) is 3.45. The van der Waals surface area contributed by atoms with E-state index in [4.69, 9.17) is 0 Å². The Hall–Kier alpha value is -3.80. The summed E-state index contributed by atoms with van der Waals surface area (Å²) in [6.45, 7) is 5.19. The third-order valence-electron chi connectivity index (χ3n) is 5.42. The highest BCUT2D eigenvalue weighted by molar-refractivity contribution is 5.89. The molecule has 4 aromatic rings. The normalized spacial score (nSPS) is 12.1. The van der Waals surface area contributed by atoms with E-state index in [0.717, 1.165) is 33.4 Å². The number of allylic oxidation sites excluding steroid dienone is 2. The number of imidazole rings is 2. The van der Waals surface area contributed by atoms with Gasteiger partial charge >= 0.3 is 0 Å². The Bertz CT molecular complexity index is 1080. The summed E-state index contributed by atoms with van der Waals surface area (Å²) in [5.41, 5.74) is 5.65. The fraction of sp³-hybridized carbons (Fsp3) is 0.167. The summed E-state index contributed by atoms with van der Waals surface area (Å²) >= 11 is 0. The molecule has 0 amide bonds. The second-order valence-corrected chi connectivity index (χ2v) is 7.41. The first-order valence-electron chi connectivity index (χ1n) is 9.75. The van der Waals surface area contributed by atoms with Crippen molar-refractivity contribution in [3.05, 3.63) is 96.1 Å². The molecule has 6 nitrogen and oxygen atoms in total. The molecule has 0 aliphatic rings. The maximum atomic E-state index is 10.5. The number of aromatic nitrogens is 4. The van der Waals surface area contributed by atoms with E-state index < -0.39 is 0 Å². The van der Waals surface area contributed by atoms with Gasteiger partial charge in [-0.05, 0) is 48.3 Å². The summed E-state index contributed by atoms with van der Waals surface area (Å²) in [5.74, 6) is 0.513. The molecule has 0 unspecified atom stereocenters. The molecule has 0 bridgehead atoms. The predicted octanol–water partition coefficient (Wildman–Crippen LogP) is 4.54. The first kappa shape index (κ1) is 19.5. The van der Waals surface area contributed by atoms with E-state index in [-0.39, 0.29) is 11.5 Å². The highest BCUT2D eigenvalue weighted by Crippen LogP contribution is 2.31. The zero-order chi connectivity index (χ0) is 21.1. The van der Waals surface area contributed by atoms with Gasteiger partial charge in [-0.3, -0.25) is 0 Å². The highest BCUT2D eigenvalue weighted by atomic mass is 16.3. The zero-order valence-electron chi connectivity index (χ0n) is 17.0. The number of aromatic hydroxyl groups is 2. The van der Waals surface area contributed by atoms with Gasteiger partial charge in [-0.2, -0.15) is 0 Å². The number of phenolic OH excluding ortho intramolecular Hbond substituents is 2. The Morgan fingerprint density at radius 1 is 0.733 bits per heavy atom. The minimum Gasteiger partial charge on any atom is -0.508 e. The molecule has 4 rings (SSSR count). The Kier molecular flexibility index (Phi) is 5.39. The Labute approximate surface area is 175 Å². The molecule has 2 N–H and O–H groups in total. The van der Waals surface area contributed by atoms with Crippen LogP contribution in [0.5, 0.6) is 11.5 Å². The lowest BCUT2D eigenvalue weighted by Crippen LogP contribution is -1.98. The number of nitrogens with zero attached hydrogens (tertiary/aromatic N) is 4. The van der Waals surface area contributed by atoms with Crippen molar-refractivity contribution in [3.63, 3.8) is 0 Å². The standard InChI is InChI=1S/C24H24N4O2/c1-17(19-3-5-21(23(29)11-19)13-27-9-7-25-15-27)18(2)20-4-6-22(24(30)12-20)14-28-10-8-26-16-28/h3-12,15-16,29-30H,13-14H2,1-2H3. The van der Waals surface area contributed by atoms with Crippen LogP contribution in [0, 0.1) is 0 Å². The van der Waals surface area contributed by atoms with Crippen molar-refractivity contribution in [1.29, 1.82) is 0 Å². The van der Waals surface area contributed by atoms with Gasteiger partial charge in [0.2, 0.25) is 0 Å². The lowest BCUT2D eigenvalue weighted by Gasteiger charge is -2.13. The third-order valence-corrected chi connectivity index (χ3v) is 5.42. The molecular formula is C24H24N4O2. The van der Waals surface area contributed by atoms with Crippen LogP contribution in [0.3, 0.4) is 0 Å². The van der Waals surface area contributed by atoms with E-state index >= 15 is 0 Å². The highest BCUT2D eigenvalue weighted by Gasteiger charge is 2.10. The molecule has 2 aromatic heterocycles. The van der Waals surface area contributed by atoms with Crippen LogP contribution >= 0.6 is 0 Å². The van der Waals surface area contributed by atoms with Crippen molar-refractivity contribution in [3.8, 4) is 11.5 Å². The minimum absolute atomic E-state index is 0.256. The molecule has 0 aliphatic heterocycles. The van der Waals surface area contributed by atoms with Crippen molar-refractivity contribution in [2.75, 3.05) is 0 Å². The zero-order valence-corrected chi connectivity index (χ0v) is 17.0. The molecule has 152 valence electrons. The van der Waals surface area contributed by atoms with Crippen molar-refractivity contribution in [2.24, 2.45) is 0 Å². The Balaban J connectivity index is 1.58. The molecule has 0 saturated carbocycles. The number of rotatable bonds is 6. The van der Waals surface area contributed by atoms with E-state index in [2.05, 4.69) is 9.97 Å². The maximum absolute atomic E-state index is 10.5. The van der Waals surface area contributed by atoms with Gasteiger partial charge in [-0.1, -0.05) is 24.3 Å². The van der Waals surface area contributed by atoms with Crippen molar-refractivity contribution in [2.45, 2.75) is 26.9 Å². The van der Waals surface area contributed by atoms with Crippen molar-refractivity contribution in [1.82, 2.24) is 19.1 Å². The lowest BCUT2D eigenvalue weighted by atomic mass is 9.95. The van der Waals surface area contributed by atoms with Gasteiger partial charge in [0.05, 0.1) is 25.7 Å². The topological polar surface area (TPSA) is 76.1 Å².